The fraction of sp³-hybridized carbons (Fsp3) is 0.111. The first-order valence-electron chi connectivity index (χ1n) is 7.66. The molecule has 0 aliphatic carbocycles. The SMILES string of the molecule is COP(=O)(OC)c1c(-c2ccc(Br)cc2)nc(-c2ccccc2)[nH]c1=O. The number of hydrogen-bond acceptors (Lipinski definition) is 5. The van der Waals surface area contributed by atoms with E-state index < -0.39 is 13.2 Å². The second-order valence-corrected chi connectivity index (χ2v) is 8.44. The van der Waals surface area contributed by atoms with Gasteiger partial charge in [-0.3, -0.25) is 9.36 Å². The molecule has 0 atom stereocenters. The fourth-order valence-corrected chi connectivity index (χ4v) is 4.04. The van der Waals surface area contributed by atoms with Crippen molar-refractivity contribution >= 4 is 28.8 Å². The van der Waals surface area contributed by atoms with Crippen molar-refractivity contribution in [2.24, 2.45) is 0 Å². The monoisotopic (exact) mass is 434 g/mol. The van der Waals surface area contributed by atoms with Gasteiger partial charge in [0.2, 0.25) is 0 Å². The zero-order chi connectivity index (χ0) is 18.7. The minimum Gasteiger partial charge on any atom is -0.308 e. The number of aromatic nitrogens is 2. The molecule has 0 fully saturated rings. The van der Waals surface area contributed by atoms with Gasteiger partial charge < -0.3 is 14.0 Å². The fourth-order valence-electron chi connectivity index (χ4n) is 2.52. The van der Waals surface area contributed by atoms with Crippen LogP contribution in [-0.2, 0) is 13.6 Å². The molecule has 0 spiro atoms. The van der Waals surface area contributed by atoms with Crippen LogP contribution >= 0.6 is 23.5 Å². The first-order valence-corrected chi connectivity index (χ1v) is 10.00. The molecular formula is C18H16BrN2O4P. The molecule has 0 aliphatic heterocycles. The summed E-state index contributed by atoms with van der Waals surface area (Å²) in [6.45, 7) is 0. The van der Waals surface area contributed by atoms with Gasteiger partial charge in [0, 0.05) is 29.8 Å². The lowest BCUT2D eigenvalue weighted by atomic mass is 10.1. The Hall–Kier alpha value is -2.05. The molecule has 0 radical (unpaired) electrons. The van der Waals surface area contributed by atoms with E-state index in [1.54, 1.807) is 12.1 Å². The van der Waals surface area contributed by atoms with Crippen molar-refractivity contribution in [1.82, 2.24) is 9.97 Å². The van der Waals surface area contributed by atoms with Crippen LogP contribution in [0.15, 0.2) is 63.9 Å². The van der Waals surface area contributed by atoms with Gasteiger partial charge in [0.25, 0.3) is 5.56 Å². The standard InChI is InChI=1S/C18H16BrN2O4P/c1-24-26(23,25-2)16-15(12-8-10-14(19)11-9-12)20-17(21-18(16)22)13-6-4-3-5-7-13/h3-11H,1-2H3,(H,20,21,22). The average molecular weight is 435 g/mol. The van der Waals surface area contributed by atoms with Crippen LogP contribution in [0.5, 0.6) is 0 Å². The Labute approximate surface area is 158 Å². The van der Waals surface area contributed by atoms with E-state index in [2.05, 4.69) is 25.9 Å². The summed E-state index contributed by atoms with van der Waals surface area (Å²) in [7, 11) is -1.34. The maximum absolute atomic E-state index is 13.0. The summed E-state index contributed by atoms with van der Waals surface area (Å²) in [4.78, 5) is 20.0. The molecule has 8 heteroatoms. The topological polar surface area (TPSA) is 81.3 Å². The molecule has 0 amide bonds. The predicted molar refractivity (Wildman–Crippen MR) is 105 cm³/mol. The van der Waals surface area contributed by atoms with Crippen LogP contribution in [0.4, 0.5) is 0 Å². The Kier molecular flexibility index (Phi) is 5.53. The molecule has 1 N–H and O–H groups in total. The number of benzene rings is 2. The van der Waals surface area contributed by atoms with E-state index in [1.165, 1.54) is 14.2 Å². The summed E-state index contributed by atoms with van der Waals surface area (Å²) in [5.41, 5.74) is 1.05. The van der Waals surface area contributed by atoms with E-state index in [-0.39, 0.29) is 11.0 Å². The number of rotatable bonds is 5. The summed E-state index contributed by atoms with van der Waals surface area (Å²) >= 11 is 3.38. The van der Waals surface area contributed by atoms with E-state index >= 15 is 0 Å². The highest BCUT2D eigenvalue weighted by molar-refractivity contribution is 9.10. The summed E-state index contributed by atoms with van der Waals surface area (Å²) in [5, 5.41) is -0.121. The van der Waals surface area contributed by atoms with Crippen molar-refractivity contribution in [3.8, 4) is 22.6 Å². The highest BCUT2D eigenvalue weighted by Gasteiger charge is 2.33. The zero-order valence-corrected chi connectivity index (χ0v) is 16.6. The smallest absolute Gasteiger partial charge is 0.308 e. The highest BCUT2D eigenvalue weighted by atomic mass is 79.9. The summed E-state index contributed by atoms with van der Waals surface area (Å²) in [5.74, 6) is 0.371. The molecule has 2 aromatic carbocycles. The maximum Gasteiger partial charge on any atom is 0.368 e. The lowest BCUT2D eigenvalue weighted by Gasteiger charge is -2.17. The molecule has 3 aromatic rings. The maximum atomic E-state index is 13.0. The van der Waals surface area contributed by atoms with E-state index in [4.69, 9.17) is 9.05 Å². The Bertz CT molecular complexity index is 1010. The third-order valence-corrected chi connectivity index (χ3v) is 6.27. The molecule has 1 heterocycles. The molecule has 0 bridgehead atoms. The number of halogens is 1. The van der Waals surface area contributed by atoms with Crippen molar-refractivity contribution in [3.05, 3.63) is 69.4 Å². The van der Waals surface area contributed by atoms with Gasteiger partial charge in [-0.05, 0) is 12.1 Å². The van der Waals surface area contributed by atoms with Crippen LogP contribution in [-0.4, -0.2) is 24.2 Å². The molecule has 26 heavy (non-hydrogen) atoms. The van der Waals surface area contributed by atoms with Gasteiger partial charge in [-0.1, -0.05) is 58.4 Å². The first-order chi connectivity index (χ1) is 12.5. The van der Waals surface area contributed by atoms with Crippen LogP contribution in [0.2, 0.25) is 0 Å². The molecule has 1 aromatic heterocycles. The number of aromatic amines is 1. The first kappa shape index (κ1) is 18.7. The second-order valence-electron chi connectivity index (χ2n) is 5.35. The van der Waals surface area contributed by atoms with Crippen LogP contribution in [0.3, 0.4) is 0 Å². The molecule has 6 nitrogen and oxygen atoms in total. The quantitative estimate of drug-likeness (QED) is 0.614. The molecule has 0 aliphatic rings. The normalized spacial score (nSPS) is 11.5. The summed E-state index contributed by atoms with van der Waals surface area (Å²) in [6, 6.07) is 16.4. The Morgan fingerprint density at radius 3 is 2.15 bits per heavy atom. The van der Waals surface area contributed by atoms with Crippen molar-refractivity contribution in [2.45, 2.75) is 0 Å². The van der Waals surface area contributed by atoms with Gasteiger partial charge in [-0.2, -0.15) is 0 Å². The Morgan fingerprint density at radius 1 is 0.962 bits per heavy atom. The molecule has 0 saturated heterocycles. The van der Waals surface area contributed by atoms with Crippen molar-refractivity contribution < 1.29 is 13.6 Å². The van der Waals surface area contributed by atoms with E-state index in [0.717, 1.165) is 10.0 Å². The average Bonchev–Trinajstić information content (AvgIpc) is 2.68. The lowest BCUT2D eigenvalue weighted by molar-refractivity contribution is 0.287. The second kappa shape index (κ2) is 7.68. The highest BCUT2D eigenvalue weighted by Crippen LogP contribution is 2.46. The third kappa shape index (κ3) is 3.57. The van der Waals surface area contributed by atoms with Crippen LogP contribution in [0.25, 0.3) is 22.6 Å². The van der Waals surface area contributed by atoms with Crippen LogP contribution in [0, 0.1) is 0 Å². The van der Waals surface area contributed by atoms with E-state index in [0.29, 0.717) is 11.4 Å². The van der Waals surface area contributed by atoms with E-state index in [9.17, 15) is 9.36 Å². The molecule has 0 unspecified atom stereocenters. The summed E-state index contributed by atoms with van der Waals surface area (Å²) < 4.78 is 23.9. The minimum absolute atomic E-state index is 0.121. The number of nitrogens with one attached hydrogen (secondary N) is 1. The molecule has 0 saturated carbocycles. The van der Waals surface area contributed by atoms with Gasteiger partial charge in [0.15, 0.2) is 5.30 Å². The van der Waals surface area contributed by atoms with Gasteiger partial charge in [0.05, 0.1) is 5.69 Å². The molecule has 134 valence electrons. The number of hydrogen-bond donors (Lipinski definition) is 1. The third-order valence-electron chi connectivity index (χ3n) is 3.81. The summed E-state index contributed by atoms with van der Waals surface area (Å²) in [6.07, 6.45) is 0. The van der Waals surface area contributed by atoms with Gasteiger partial charge in [-0.15, -0.1) is 0 Å². The van der Waals surface area contributed by atoms with Gasteiger partial charge in [-0.25, -0.2) is 4.98 Å². The predicted octanol–water partition coefficient (Wildman–Crippen LogP) is 3.98. The molecule has 3 rings (SSSR count). The molecular weight excluding hydrogens is 419 g/mol. The zero-order valence-electron chi connectivity index (χ0n) is 14.1. The van der Waals surface area contributed by atoms with E-state index in [1.807, 2.05) is 42.5 Å². The van der Waals surface area contributed by atoms with Gasteiger partial charge in [0.1, 0.15) is 5.82 Å². The Balaban J connectivity index is 2.33. The number of nitrogens with zero attached hydrogens (tertiary/aromatic N) is 1. The Morgan fingerprint density at radius 2 is 1.58 bits per heavy atom. The van der Waals surface area contributed by atoms with Crippen molar-refractivity contribution in [1.29, 1.82) is 0 Å². The van der Waals surface area contributed by atoms with Crippen molar-refractivity contribution in [2.75, 3.05) is 14.2 Å². The van der Waals surface area contributed by atoms with Crippen LogP contribution < -0.4 is 10.9 Å². The number of H-pyrrole nitrogens is 1. The van der Waals surface area contributed by atoms with Crippen molar-refractivity contribution in [3.63, 3.8) is 0 Å². The van der Waals surface area contributed by atoms with Gasteiger partial charge >= 0.3 is 7.60 Å². The lowest BCUT2D eigenvalue weighted by Crippen LogP contribution is -2.32. The largest absolute Gasteiger partial charge is 0.368 e. The van der Waals surface area contributed by atoms with Crippen LogP contribution in [0.1, 0.15) is 0 Å². The minimum atomic E-state index is -3.82.